The summed E-state index contributed by atoms with van der Waals surface area (Å²) in [4.78, 5) is 9.87. The lowest BCUT2D eigenvalue weighted by Gasteiger charge is -2.18. The number of fused-ring (bicyclic) bond motifs is 2. The fourth-order valence-electron chi connectivity index (χ4n) is 4.27. The number of anilines is 3. The Morgan fingerprint density at radius 2 is 1.87 bits per heavy atom. The van der Waals surface area contributed by atoms with Crippen molar-refractivity contribution in [2.45, 2.75) is 26.0 Å². The molecule has 0 radical (unpaired) electrons. The lowest BCUT2D eigenvalue weighted by molar-refractivity contribution is 0.117. The van der Waals surface area contributed by atoms with Crippen LogP contribution in [-0.2, 0) is 9.47 Å². The Bertz CT molecular complexity index is 1520. The third-order valence-electron chi connectivity index (χ3n) is 6.21. The van der Waals surface area contributed by atoms with Crippen LogP contribution in [0, 0.1) is 0 Å². The summed E-state index contributed by atoms with van der Waals surface area (Å²) < 4.78 is 16.6. The first kappa shape index (κ1) is 25.4. The fourth-order valence-corrected chi connectivity index (χ4v) is 4.27. The van der Waals surface area contributed by atoms with E-state index in [0.717, 1.165) is 57.3 Å². The minimum Gasteiger partial charge on any atom is -0.491 e. The number of hydrogen-bond donors (Lipinski definition) is 3. The SMILES string of the molecule is CCCC(Nc1cccc(-c2nc(Nc3ccc4[nH]ncc4c3)c3ccc(OCCOC)cc3n2)c1)OC. The normalized spacial score (nSPS) is 12.1. The first-order chi connectivity index (χ1) is 18.7. The molecule has 0 saturated heterocycles. The van der Waals surface area contributed by atoms with Crippen LogP contribution in [0.5, 0.6) is 5.75 Å². The van der Waals surface area contributed by atoms with Crippen molar-refractivity contribution >= 4 is 39.0 Å². The zero-order valence-electron chi connectivity index (χ0n) is 21.8. The van der Waals surface area contributed by atoms with Crippen LogP contribution < -0.4 is 15.4 Å². The lowest BCUT2D eigenvalue weighted by atomic mass is 10.1. The van der Waals surface area contributed by atoms with Gasteiger partial charge >= 0.3 is 0 Å². The Labute approximate surface area is 221 Å². The summed E-state index contributed by atoms with van der Waals surface area (Å²) in [5.41, 5.74) is 4.49. The Balaban J connectivity index is 1.54. The molecule has 1 unspecified atom stereocenters. The average molecular weight is 513 g/mol. The van der Waals surface area contributed by atoms with E-state index >= 15 is 0 Å². The van der Waals surface area contributed by atoms with Crippen LogP contribution in [0.4, 0.5) is 17.2 Å². The lowest BCUT2D eigenvalue weighted by Crippen LogP contribution is -2.21. The quantitative estimate of drug-likeness (QED) is 0.135. The monoisotopic (exact) mass is 512 g/mol. The van der Waals surface area contributed by atoms with E-state index in [4.69, 9.17) is 24.2 Å². The second kappa shape index (κ2) is 11.9. The van der Waals surface area contributed by atoms with E-state index in [-0.39, 0.29) is 6.23 Å². The third kappa shape index (κ3) is 5.85. The number of H-pyrrole nitrogens is 1. The summed E-state index contributed by atoms with van der Waals surface area (Å²) in [5.74, 6) is 2.03. The molecule has 196 valence electrons. The van der Waals surface area contributed by atoms with Crippen molar-refractivity contribution in [3.63, 3.8) is 0 Å². The molecule has 2 heterocycles. The molecule has 3 aromatic carbocycles. The van der Waals surface area contributed by atoms with Gasteiger partial charge in [0.15, 0.2) is 5.82 Å². The second-order valence-corrected chi connectivity index (χ2v) is 8.95. The summed E-state index contributed by atoms with van der Waals surface area (Å²) in [5, 5.41) is 16.0. The molecule has 5 rings (SSSR count). The van der Waals surface area contributed by atoms with E-state index in [1.807, 2.05) is 60.7 Å². The number of benzene rings is 3. The minimum atomic E-state index is -0.0605. The molecule has 5 aromatic rings. The van der Waals surface area contributed by atoms with E-state index in [1.54, 1.807) is 20.4 Å². The molecular formula is C29H32N6O3. The molecule has 9 heteroatoms. The summed E-state index contributed by atoms with van der Waals surface area (Å²) >= 11 is 0. The third-order valence-corrected chi connectivity index (χ3v) is 6.21. The van der Waals surface area contributed by atoms with E-state index < -0.39 is 0 Å². The van der Waals surface area contributed by atoms with Crippen LogP contribution in [-0.4, -0.2) is 53.8 Å². The summed E-state index contributed by atoms with van der Waals surface area (Å²) in [7, 11) is 3.37. The Kier molecular flexibility index (Phi) is 7.96. The van der Waals surface area contributed by atoms with Crippen LogP contribution in [0.25, 0.3) is 33.2 Å². The second-order valence-electron chi connectivity index (χ2n) is 8.95. The molecule has 0 amide bonds. The molecule has 38 heavy (non-hydrogen) atoms. The molecule has 0 spiro atoms. The van der Waals surface area contributed by atoms with Crippen LogP contribution in [0.3, 0.4) is 0 Å². The first-order valence-electron chi connectivity index (χ1n) is 12.7. The molecule has 0 bridgehead atoms. The van der Waals surface area contributed by atoms with Crippen LogP contribution in [0.1, 0.15) is 19.8 Å². The molecule has 0 saturated carbocycles. The molecule has 0 aliphatic rings. The summed E-state index contributed by atoms with van der Waals surface area (Å²) in [6.45, 7) is 3.11. The molecule has 9 nitrogen and oxygen atoms in total. The largest absolute Gasteiger partial charge is 0.491 e. The number of ether oxygens (including phenoxy) is 3. The molecule has 0 fully saturated rings. The number of aromatic nitrogens is 4. The Hall–Kier alpha value is -4.21. The van der Waals surface area contributed by atoms with Gasteiger partial charge < -0.3 is 24.8 Å². The number of aromatic amines is 1. The number of nitrogens with zero attached hydrogens (tertiary/aromatic N) is 3. The fraction of sp³-hybridized carbons (Fsp3) is 0.276. The predicted octanol–water partition coefficient (Wildman–Crippen LogP) is 6.13. The maximum atomic E-state index is 5.86. The van der Waals surface area contributed by atoms with Gasteiger partial charge in [-0.25, -0.2) is 9.97 Å². The molecule has 2 aromatic heterocycles. The van der Waals surface area contributed by atoms with Crippen molar-refractivity contribution < 1.29 is 14.2 Å². The van der Waals surface area contributed by atoms with Gasteiger partial charge in [0, 0.05) is 48.0 Å². The Morgan fingerprint density at radius 1 is 0.947 bits per heavy atom. The highest BCUT2D eigenvalue weighted by atomic mass is 16.5. The van der Waals surface area contributed by atoms with Gasteiger partial charge in [-0.3, -0.25) is 5.10 Å². The number of methoxy groups -OCH3 is 2. The van der Waals surface area contributed by atoms with E-state index in [2.05, 4.69) is 27.8 Å². The topological polar surface area (TPSA) is 106 Å². The number of rotatable bonds is 12. The maximum Gasteiger partial charge on any atom is 0.162 e. The van der Waals surface area contributed by atoms with Crippen LogP contribution in [0.2, 0.25) is 0 Å². The van der Waals surface area contributed by atoms with Crippen LogP contribution >= 0.6 is 0 Å². The summed E-state index contributed by atoms with van der Waals surface area (Å²) in [6, 6.07) is 19.9. The zero-order valence-corrected chi connectivity index (χ0v) is 21.8. The minimum absolute atomic E-state index is 0.0605. The average Bonchev–Trinajstić information content (AvgIpc) is 3.41. The van der Waals surface area contributed by atoms with Crippen molar-refractivity contribution in [2.24, 2.45) is 0 Å². The van der Waals surface area contributed by atoms with Crippen molar-refractivity contribution in [3.8, 4) is 17.1 Å². The molecule has 0 aliphatic carbocycles. The molecule has 0 aliphatic heterocycles. The smallest absolute Gasteiger partial charge is 0.162 e. The van der Waals surface area contributed by atoms with Gasteiger partial charge in [-0.05, 0) is 48.9 Å². The van der Waals surface area contributed by atoms with Gasteiger partial charge in [-0.1, -0.05) is 25.5 Å². The first-order valence-corrected chi connectivity index (χ1v) is 12.7. The van der Waals surface area contributed by atoms with Crippen LogP contribution in [0.15, 0.2) is 66.9 Å². The molecule has 3 N–H and O–H groups in total. The number of nitrogens with one attached hydrogen (secondary N) is 3. The van der Waals surface area contributed by atoms with Gasteiger partial charge in [0.05, 0.1) is 23.8 Å². The highest BCUT2D eigenvalue weighted by Gasteiger charge is 2.13. The number of hydrogen-bond acceptors (Lipinski definition) is 8. The van der Waals surface area contributed by atoms with E-state index in [1.165, 1.54) is 0 Å². The predicted molar refractivity (Wildman–Crippen MR) is 151 cm³/mol. The van der Waals surface area contributed by atoms with Gasteiger partial charge in [-0.2, -0.15) is 5.10 Å². The van der Waals surface area contributed by atoms with E-state index in [9.17, 15) is 0 Å². The van der Waals surface area contributed by atoms with Crippen molar-refractivity contribution in [1.82, 2.24) is 20.2 Å². The van der Waals surface area contributed by atoms with Crippen molar-refractivity contribution in [2.75, 3.05) is 38.1 Å². The van der Waals surface area contributed by atoms with Gasteiger partial charge in [0.25, 0.3) is 0 Å². The van der Waals surface area contributed by atoms with Crippen molar-refractivity contribution in [3.05, 3.63) is 66.9 Å². The molecular weight excluding hydrogens is 480 g/mol. The highest BCUT2D eigenvalue weighted by Crippen LogP contribution is 2.31. The van der Waals surface area contributed by atoms with Gasteiger partial charge in [0.1, 0.15) is 24.4 Å². The summed E-state index contributed by atoms with van der Waals surface area (Å²) in [6.07, 6.45) is 3.68. The van der Waals surface area contributed by atoms with E-state index in [0.29, 0.717) is 24.9 Å². The molecule has 1 atom stereocenters. The maximum absolute atomic E-state index is 5.86. The Morgan fingerprint density at radius 3 is 2.71 bits per heavy atom. The zero-order chi connectivity index (χ0) is 26.3. The van der Waals surface area contributed by atoms with Crippen molar-refractivity contribution in [1.29, 1.82) is 0 Å². The highest BCUT2D eigenvalue weighted by molar-refractivity contribution is 5.94. The standard InChI is InChI=1S/C29H32N6O3/c1-4-6-27(37-3)31-21-8-5-7-19(15-21)28-33-26-17-23(38-14-13-36-2)10-11-24(26)29(34-28)32-22-9-12-25-20(16-22)18-30-35-25/h5,7-12,15-18,27,31H,4,6,13-14H2,1-3H3,(H,30,35)(H,32,33,34). The van der Waals surface area contributed by atoms with Gasteiger partial charge in [0.2, 0.25) is 0 Å². The van der Waals surface area contributed by atoms with Gasteiger partial charge in [-0.15, -0.1) is 0 Å².